The molecule has 1 aliphatic heterocycles. The molecule has 1 aromatic rings. The van der Waals surface area contributed by atoms with Crippen LogP contribution in [-0.2, 0) is 11.3 Å². The molecule has 0 unspecified atom stereocenters. The highest BCUT2D eigenvalue weighted by Crippen LogP contribution is 2.32. The fraction of sp³-hybridized carbons (Fsp3) is 0.632. The molecule has 3 rings (SSSR count). The summed E-state index contributed by atoms with van der Waals surface area (Å²) in [5, 5.41) is 0. The number of amides is 1. The maximum absolute atomic E-state index is 12.8. The largest absolute Gasteiger partial charge is 0.341 e. The van der Waals surface area contributed by atoms with Crippen molar-refractivity contribution in [2.75, 3.05) is 32.7 Å². The van der Waals surface area contributed by atoms with Gasteiger partial charge in [-0.2, -0.15) is 0 Å². The van der Waals surface area contributed by atoms with E-state index in [0.29, 0.717) is 18.4 Å². The Bertz CT molecular complexity index is 505. The lowest BCUT2D eigenvalue weighted by Crippen LogP contribution is -2.41. The minimum Gasteiger partial charge on any atom is -0.341 e. The molecule has 23 heavy (non-hydrogen) atoms. The summed E-state index contributed by atoms with van der Waals surface area (Å²) in [5.41, 5.74) is 7.20. The maximum Gasteiger partial charge on any atom is 0.226 e. The average Bonchev–Trinajstić information content (AvgIpc) is 2.95. The van der Waals surface area contributed by atoms with E-state index in [0.717, 1.165) is 58.4 Å². The maximum atomic E-state index is 12.8. The number of carbonyl (C=O) groups is 1. The Labute approximate surface area is 139 Å². The van der Waals surface area contributed by atoms with Gasteiger partial charge in [-0.15, -0.1) is 0 Å². The molecule has 0 spiro atoms. The summed E-state index contributed by atoms with van der Waals surface area (Å²) in [5.74, 6) is 0.950. The Balaban J connectivity index is 1.55. The van der Waals surface area contributed by atoms with Crippen molar-refractivity contribution in [3.05, 3.63) is 35.9 Å². The second kappa shape index (κ2) is 7.93. The van der Waals surface area contributed by atoms with Gasteiger partial charge in [-0.25, -0.2) is 0 Å². The van der Waals surface area contributed by atoms with Crippen LogP contribution in [0.4, 0.5) is 0 Å². The average molecular weight is 315 g/mol. The third kappa shape index (κ3) is 4.12. The van der Waals surface area contributed by atoms with Crippen LogP contribution in [0.1, 0.15) is 31.2 Å². The van der Waals surface area contributed by atoms with Crippen molar-refractivity contribution in [1.82, 2.24) is 9.80 Å². The molecule has 1 saturated heterocycles. The molecule has 126 valence electrons. The summed E-state index contributed by atoms with van der Waals surface area (Å²) >= 11 is 0. The molecule has 1 aliphatic carbocycles. The highest BCUT2D eigenvalue weighted by Gasteiger charge is 2.35. The smallest absolute Gasteiger partial charge is 0.226 e. The fourth-order valence-corrected chi connectivity index (χ4v) is 4.07. The second-order valence-electron chi connectivity index (χ2n) is 6.97. The van der Waals surface area contributed by atoms with Gasteiger partial charge in [0, 0.05) is 38.6 Å². The standard InChI is InChI=1S/C19H29N3O/c20-14-17-8-4-9-18(17)19(23)22-11-5-10-21(12-13-22)15-16-6-2-1-3-7-16/h1-3,6-7,17-18H,4-5,8-15,20H2/t17-,18-/m1/s1. The summed E-state index contributed by atoms with van der Waals surface area (Å²) in [4.78, 5) is 17.4. The van der Waals surface area contributed by atoms with Gasteiger partial charge in [-0.05, 0) is 37.3 Å². The first-order valence-corrected chi connectivity index (χ1v) is 9.03. The quantitative estimate of drug-likeness (QED) is 0.925. The lowest BCUT2D eigenvalue weighted by molar-refractivity contribution is -0.136. The van der Waals surface area contributed by atoms with Gasteiger partial charge < -0.3 is 10.6 Å². The number of carbonyl (C=O) groups excluding carboxylic acids is 1. The van der Waals surface area contributed by atoms with Gasteiger partial charge >= 0.3 is 0 Å². The van der Waals surface area contributed by atoms with Gasteiger partial charge in [0.1, 0.15) is 0 Å². The highest BCUT2D eigenvalue weighted by molar-refractivity contribution is 5.79. The summed E-state index contributed by atoms with van der Waals surface area (Å²) in [7, 11) is 0. The number of nitrogens with zero attached hydrogens (tertiary/aromatic N) is 2. The Morgan fingerprint density at radius 2 is 1.87 bits per heavy atom. The molecule has 0 aromatic heterocycles. The van der Waals surface area contributed by atoms with Gasteiger partial charge in [-0.3, -0.25) is 9.69 Å². The van der Waals surface area contributed by atoms with E-state index in [1.54, 1.807) is 0 Å². The van der Waals surface area contributed by atoms with Gasteiger partial charge in [0.15, 0.2) is 0 Å². The number of benzene rings is 1. The van der Waals surface area contributed by atoms with E-state index in [1.165, 1.54) is 5.56 Å². The molecule has 4 heteroatoms. The van der Waals surface area contributed by atoms with E-state index in [9.17, 15) is 4.79 Å². The molecule has 1 aromatic carbocycles. The van der Waals surface area contributed by atoms with Crippen LogP contribution in [0.2, 0.25) is 0 Å². The van der Waals surface area contributed by atoms with Crippen molar-refractivity contribution in [3.63, 3.8) is 0 Å². The zero-order valence-corrected chi connectivity index (χ0v) is 14.0. The first kappa shape index (κ1) is 16.5. The van der Waals surface area contributed by atoms with Gasteiger partial charge in [0.25, 0.3) is 0 Å². The van der Waals surface area contributed by atoms with E-state index in [4.69, 9.17) is 5.73 Å². The first-order valence-electron chi connectivity index (χ1n) is 9.03. The molecule has 2 fully saturated rings. The van der Waals surface area contributed by atoms with E-state index in [-0.39, 0.29) is 5.92 Å². The van der Waals surface area contributed by atoms with Crippen molar-refractivity contribution >= 4 is 5.91 Å². The summed E-state index contributed by atoms with van der Waals surface area (Å²) in [6.45, 7) is 5.45. The first-order chi connectivity index (χ1) is 11.3. The van der Waals surface area contributed by atoms with E-state index >= 15 is 0 Å². The topological polar surface area (TPSA) is 49.6 Å². The van der Waals surface area contributed by atoms with Crippen molar-refractivity contribution in [1.29, 1.82) is 0 Å². The predicted octanol–water partition coefficient (Wildman–Crippen LogP) is 2.10. The van der Waals surface area contributed by atoms with Crippen LogP contribution < -0.4 is 5.73 Å². The van der Waals surface area contributed by atoms with Crippen LogP contribution in [0.25, 0.3) is 0 Å². The lowest BCUT2D eigenvalue weighted by Gasteiger charge is -2.27. The molecular formula is C19H29N3O. The predicted molar refractivity (Wildman–Crippen MR) is 92.8 cm³/mol. The van der Waals surface area contributed by atoms with Crippen molar-refractivity contribution in [2.24, 2.45) is 17.6 Å². The highest BCUT2D eigenvalue weighted by atomic mass is 16.2. The van der Waals surface area contributed by atoms with Crippen LogP contribution >= 0.6 is 0 Å². The third-order valence-electron chi connectivity index (χ3n) is 5.43. The van der Waals surface area contributed by atoms with Crippen LogP contribution in [0.3, 0.4) is 0 Å². The Morgan fingerprint density at radius 1 is 1.04 bits per heavy atom. The fourth-order valence-electron chi connectivity index (χ4n) is 4.07. The summed E-state index contributed by atoms with van der Waals surface area (Å²) in [6, 6.07) is 10.6. The molecule has 1 heterocycles. The Morgan fingerprint density at radius 3 is 2.65 bits per heavy atom. The minimum atomic E-state index is 0.181. The third-order valence-corrected chi connectivity index (χ3v) is 5.43. The van der Waals surface area contributed by atoms with Crippen LogP contribution in [0.5, 0.6) is 0 Å². The number of nitrogens with two attached hydrogens (primary N) is 1. The second-order valence-corrected chi connectivity index (χ2v) is 6.97. The molecule has 1 amide bonds. The van der Waals surface area contributed by atoms with E-state index in [2.05, 4.69) is 40.1 Å². The number of hydrogen-bond donors (Lipinski definition) is 1. The lowest BCUT2D eigenvalue weighted by atomic mass is 9.94. The number of hydrogen-bond acceptors (Lipinski definition) is 3. The summed E-state index contributed by atoms with van der Waals surface area (Å²) in [6.07, 6.45) is 4.39. The van der Waals surface area contributed by atoms with Crippen LogP contribution in [0.15, 0.2) is 30.3 Å². The number of rotatable bonds is 4. The molecule has 1 saturated carbocycles. The van der Waals surface area contributed by atoms with E-state index in [1.807, 2.05) is 0 Å². The van der Waals surface area contributed by atoms with Crippen molar-refractivity contribution < 1.29 is 4.79 Å². The normalized spacial score (nSPS) is 26.2. The molecule has 2 aliphatic rings. The zero-order chi connectivity index (χ0) is 16.1. The monoisotopic (exact) mass is 315 g/mol. The Kier molecular flexibility index (Phi) is 5.68. The minimum absolute atomic E-state index is 0.181. The van der Waals surface area contributed by atoms with Crippen molar-refractivity contribution in [3.8, 4) is 0 Å². The SMILES string of the molecule is NC[C@H]1CCC[C@H]1C(=O)N1CCCN(Cc2ccccc2)CC1. The zero-order valence-electron chi connectivity index (χ0n) is 14.0. The Hall–Kier alpha value is -1.39. The van der Waals surface area contributed by atoms with Crippen molar-refractivity contribution in [2.45, 2.75) is 32.2 Å². The molecule has 2 N–H and O–H groups in total. The molecule has 0 bridgehead atoms. The van der Waals surface area contributed by atoms with Gasteiger partial charge in [0.2, 0.25) is 5.91 Å². The molecule has 2 atom stereocenters. The van der Waals surface area contributed by atoms with Gasteiger partial charge in [0.05, 0.1) is 0 Å². The molecular weight excluding hydrogens is 286 g/mol. The van der Waals surface area contributed by atoms with Crippen LogP contribution in [-0.4, -0.2) is 48.4 Å². The molecule has 4 nitrogen and oxygen atoms in total. The van der Waals surface area contributed by atoms with Gasteiger partial charge in [-0.1, -0.05) is 36.8 Å². The van der Waals surface area contributed by atoms with E-state index < -0.39 is 0 Å². The summed E-state index contributed by atoms with van der Waals surface area (Å²) < 4.78 is 0. The van der Waals surface area contributed by atoms with Crippen LogP contribution in [0, 0.1) is 11.8 Å². The molecule has 0 radical (unpaired) electrons.